The smallest absolute Gasteiger partial charge is 0.338 e. The highest BCUT2D eigenvalue weighted by Gasteiger charge is 2.20. The molecule has 5 nitrogen and oxygen atoms in total. The third kappa shape index (κ3) is 3.77. The summed E-state index contributed by atoms with van der Waals surface area (Å²) in [7, 11) is -2.71. The van der Waals surface area contributed by atoms with Crippen LogP contribution in [-0.2, 0) is 14.8 Å². The van der Waals surface area contributed by atoms with Gasteiger partial charge in [-0.05, 0) is 36.8 Å². The summed E-state index contributed by atoms with van der Waals surface area (Å²) in [5.74, 6) is -0.611. The maximum absolute atomic E-state index is 12.5. The highest BCUT2D eigenvalue weighted by atomic mass is 35.5. The zero-order valence-corrected chi connectivity index (χ0v) is 14.6. The molecule has 122 valence electrons. The van der Waals surface area contributed by atoms with Crippen molar-refractivity contribution in [2.45, 2.75) is 11.8 Å². The summed E-state index contributed by atoms with van der Waals surface area (Å²) in [6.07, 6.45) is 0. The first-order valence-electron chi connectivity index (χ1n) is 6.42. The number of methoxy groups -OCH3 is 1. The zero-order chi connectivity index (χ0) is 17.2. The van der Waals surface area contributed by atoms with E-state index >= 15 is 0 Å². The Kier molecular flexibility index (Phi) is 5.19. The second kappa shape index (κ2) is 6.78. The van der Waals surface area contributed by atoms with Crippen LogP contribution in [0.25, 0.3) is 0 Å². The Balaban J connectivity index is 2.44. The van der Waals surface area contributed by atoms with Gasteiger partial charge in [-0.15, -0.1) is 0 Å². The summed E-state index contributed by atoms with van der Waals surface area (Å²) in [6.45, 7) is 1.68. The third-order valence-corrected chi connectivity index (χ3v) is 5.30. The van der Waals surface area contributed by atoms with Crippen LogP contribution in [0.3, 0.4) is 0 Å². The molecule has 0 bridgehead atoms. The van der Waals surface area contributed by atoms with Crippen molar-refractivity contribution in [1.29, 1.82) is 0 Å². The first-order valence-corrected chi connectivity index (χ1v) is 8.66. The molecular formula is C15H13Cl2NO4S. The van der Waals surface area contributed by atoms with Crippen molar-refractivity contribution in [2.24, 2.45) is 0 Å². The summed E-state index contributed by atoms with van der Waals surface area (Å²) in [6, 6.07) is 8.77. The molecular weight excluding hydrogens is 361 g/mol. The van der Waals surface area contributed by atoms with Crippen LogP contribution < -0.4 is 4.72 Å². The Morgan fingerprint density at radius 2 is 1.87 bits per heavy atom. The second-order valence-corrected chi connectivity index (χ2v) is 7.14. The average molecular weight is 374 g/mol. The van der Waals surface area contributed by atoms with Crippen molar-refractivity contribution in [1.82, 2.24) is 0 Å². The Labute approximate surface area is 144 Å². The number of halogens is 2. The first kappa shape index (κ1) is 17.6. The van der Waals surface area contributed by atoms with Crippen molar-refractivity contribution >= 4 is 44.9 Å². The van der Waals surface area contributed by atoms with Gasteiger partial charge in [-0.2, -0.15) is 0 Å². The van der Waals surface area contributed by atoms with Crippen LogP contribution in [0.2, 0.25) is 10.0 Å². The maximum atomic E-state index is 12.5. The third-order valence-electron chi connectivity index (χ3n) is 3.12. The zero-order valence-electron chi connectivity index (χ0n) is 12.3. The lowest BCUT2D eigenvalue weighted by atomic mass is 10.1. The number of nitrogens with one attached hydrogen (secondary N) is 1. The molecule has 0 aliphatic carbocycles. The molecule has 0 radical (unpaired) electrons. The van der Waals surface area contributed by atoms with E-state index < -0.39 is 16.0 Å². The molecule has 23 heavy (non-hydrogen) atoms. The van der Waals surface area contributed by atoms with Crippen molar-refractivity contribution in [2.75, 3.05) is 11.8 Å². The number of hydrogen-bond donors (Lipinski definition) is 1. The van der Waals surface area contributed by atoms with Crippen LogP contribution in [0.15, 0.2) is 41.3 Å². The van der Waals surface area contributed by atoms with Gasteiger partial charge in [-0.1, -0.05) is 35.3 Å². The van der Waals surface area contributed by atoms with Gasteiger partial charge in [0.25, 0.3) is 10.0 Å². The molecule has 8 heteroatoms. The van der Waals surface area contributed by atoms with Crippen molar-refractivity contribution in [3.8, 4) is 0 Å². The van der Waals surface area contributed by atoms with E-state index in [1.807, 2.05) is 0 Å². The van der Waals surface area contributed by atoms with Crippen LogP contribution in [0.4, 0.5) is 5.69 Å². The molecule has 0 fully saturated rings. The van der Waals surface area contributed by atoms with Gasteiger partial charge in [-0.3, -0.25) is 4.72 Å². The lowest BCUT2D eigenvalue weighted by Gasteiger charge is -2.12. The van der Waals surface area contributed by atoms with Gasteiger partial charge < -0.3 is 4.74 Å². The number of anilines is 1. The standard InChI is InChI=1S/C15H13Cl2NO4S/c1-9-6-7-10(8-11(9)15(19)22-2)23(20,21)18-13-5-3-4-12(16)14(13)17/h3-8,18H,1-2H3. The van der Waals surface area contributed by atoms with Gasteiger partial charge in [0.2, 0.25) is 0 Å². The van der Waals surface area contributed by atoms with Crippen LogP contribution in [0, 0.1) is 6.92 Å². The number of esters is 1. The Morgan fingerprint density at radius 1 is 1.17 bits per heavy atom. The number of hydrogen-bond acceptors (Lipinski definition) is 4. The molecule has 0 aliphatic heterocycles. The van der Waals surface area contributed by atoms with Crippen LogP contribution in [0.1, 0.15) is 15.9 Å². The predicted octanol–water partition coefficient (Wildman–Crippen LogP) is 3.89. The Hall–Kier alpha value is -1.76. The van der Waals surface area contributed by atoms with Crippen LogP contribution in [0.5, 0.6) is 0 Å². The first-order chi connectivity index (χ1) is 10.8. The molecule has 0 atom stereocenters. The molecule has 2 rings (SSSR count). The lowest BCUT2D eigenvalue weighted by molar-refractivity contribution is 0.0599. The van der Waals surface area contributed by atoms with Gasteiger partial charge in [0.15, 0.2) is 0 Å². The molecule has 2 aromatic carbocycles. The summed E-state index contributed by atoms with van der Waals surface area (Å²) in [5, 5.41) is 0.323. The molecule has 0 saturated carbocycles. The fourth-order valence-electron chi connectivity index (χ4n) is 1.88. The van der Waals surface area contributed by atoms with Gasteiger partial charge >= 0.3 is 5.97 Å². The molecule has 0 amide bonds. The molecule has 0 saturated heterocycles. The number of rotatable bonds is 4. The van der Waals surface area contributed by atoms with E-state index in [4.69, 9.17) is 23.2 Å². The maximum Gasteiger partial charge on any atom is 0.338 e. The fraction of sp³-hybridized carbons (Fsp3) is 0.133. The van der Waals surface area contributed by atoms with Gasteiger partial charge in [0, 0.05) is 0 Å². The van der Waals surface area contributed by atoms with Crippen molar-refractivity contribution in [3.63, 3.8) is 0 Å². The number of carbonyl (C=O) groups excluding carboxylic acids is 1. The van der Waals surface area contributed by atoms with E-state index in [0.717, 1.165) is 0 Å². The van der Waals surface area contributed by atoms with Gasteiger partial charge in [0.05, 0.1) is 33.3 Å². The lowest BCUT2D eigenvalue weighted by Crippen LogP contribution is -2.15. The molecule has 0 aromatic heterocycles. The molecule has 0 heterocycles. The van der Waals surface area contributed by atoms with Crippen molar-refractivity contribution < 1.29 is 17.9 Å². The van der Waals surface area contributed by atoms with Crippen LogP contribution >= 0.6 is 23.2 Å². The summed E-state index contributed by atoms with van der Waals surface area (Å²) < 4.78 is 31.9. The minimum absolute atomic E-state index is 0.0838. The number of ether oxygens (including phenoxy) is 1. The summed E-state index contributed by atoms with van der Waals surface area (Å²) >= 11 is 11.9. The molecule has 0 aliphatic rings. The largest absolute Gasteiger partial charge is 0.465 e. The van der Waals surface area contributed by atoms with E-state index in [0.29, 0.717) is 5.56 Å². The summed E-state index contributed by atoms with van der Waals surface area (Å²) in [5.41, 5.74) is 0.934. The topological polar surface area (TPSA) is 72.5 Å². The molecule has 0 unspecified atom stereocenters. The quantitative estimate of drug-likeness (QED) is 0.825. The van der Waals surface area contributed by atoms with Gasteiger partial charge in [-0.25, -0.2) is 13.2 Å². The normalized spacial score (nSPS) is 11.1. The monoisotopic (exact) mass is 373 g/mol. The minimum Gasteiger partial charge on any atom is -0.465 e. The second-order valence-electron chi connectivity index (χ2n) is 4.68. The van der Waals surface area contributed by atoms with Crippen LogP contribution in [-0.4, -0.2) is 21.5 Å². The SMILES string of the molecule is COC(=O)c1cc(S(=O)(=O)Nc2cccc(Cl)c2Cl)ccc1C. The highest BCUT2D eigenvalue weighted by Crippen LogP contribution is 2.31. The minimum atomic E-state index is -3.93. The van der Waals surface area contributed by atoms with E-state index in [1.54, 1.807) is 19.1 Å². The number of carbonyl (C=O) groups is 1. The molecule has 2 aromatic rings. The van der Waals surface area contributed by atoms with E-state index in [9.17, 15) is 13.2 Å². The van der Waals surface area contributed by atoms with Gasteiger partial charge in [0.1, 0.15) is 0 Å². The highest BCUT2D eigenvalue weighted by molar-refractivity contribution is 7.92. The average Bonchev–Trinajstić information content (AvgIpc) is 2.51. The fourth-order valence-corrected chi connectivity index (χ4v) is 3.39. The summed E-state index contributed by atoms with van der Waals surface area (Å²) in [4.78, 5) is 11.6. The van der Waals surface area contributed by atoms with Crippen molar-refractivity contribution in [3.05, 3.63) is 57.6 Å². The molecule has 1 N–H and O–H groups in total. The van der Waals surface area contributed by atoms with E-state index in [1.165, 1.54) is 31.4 Å². The Bertz CT molecular complexity index is 866. The van der Waals surface area contributed by atoms with E-state index in [2.05, 4.69) is 9.46 Å². The number of sulfonamides is 1. The molecule has 0 spiro atoms. The van der Waals surface area contributed by atoms with E-state index in [-0.39, 0.29) is 26.2 Å². The Morgan fingerprint density at radius 3 is 2.52 bits per heavy atom. The number of aryl methyl sites for hydroxylation is 1. The number of benzene rings is 2. The predicted molar refractivity (Wildman–Crippen MR) is 89.8 cm³/mol.